The van der Waals surface area contributed by atoms with Gasteiger partial charge in [0, 0.05) is 6.20 Å². The molecule has 5 atom stereocenters. The smallest absolute Gasteiger partial charge is 0.351 e. The van der Waals surface area contributed by atoms with E-state index in [2.05, 4.69) is 10.3 Å². The van der Waals surface area contributed by atoms with Crippen LogP contribution in [-0.4, -0.2) is 61.2 Å². The molecule has 0 bridgehead atoms. The summed E-state index contributed by atoms with van der Waals surface area (Å²) < 4.78 is 6.34. The van der Waals surface area contributed by atoms with E-state index in [1.54, 1.807) is 13.8 Å². The largest absolute Gasteiger partial charge is 0.394 e. The first-order valence-electron chi connectivity index (χ1n) is 7.92. The number of aliphatic hydroxyl groups is 3. The van der Waals surface area contributed by atoms with Gasteiger partial charge in [-0.05, 0) is 18.9 Å². The zero-order valence-electron chi connectivity index (χ0n) is 14.3. The first kappa shape index (κ1) is 19.5. The molecule has 0 aromatic carbocycles. The van der Waals surface area contributed by atoms with Crippen LogP contribution in [0.25, 0.3) is 0 Å². The van der Waals surface area contributed by atoms with Crippen molar-refractivity contribution in [1.82, 2.24) is 9.55 Å². The minimum Gasteiger partial charge on any atom is -0.394 e. The number of anilines is 1. The number of nitrogens with zero attached hydrogens (tertiary/aromatic N) is 2. The van der Waals surface area contributed by atoms with E-state index in [0.717, 1.165) is 4.57 Å². The van der Waals surface area contributed by atoms with Crippen LogP contribution in [0.4, 0.5) is 5.82 Å². The van der Waals surface area contributed by atoms with Crippen LogP contribution in [0, 0.1) is 5.92 Å². The van der Waals surface area contributed by atoms with Crippen LogP contribution in [0.2, 0.25) is 0 Å². The Morgan fingerprint density at radius 1 is 1.56 bits per heavy atom. The van der Waals surface area contributed by atoms with Crippen LogP contribution in [0.1, 0.15) is 27.0 Å². The summed E-state index contributed by atoms with van der Waals surface area (Å²) in [7, 11) is 0. The minimum atomic E-state index is -1.80. The van der Waals surface area contributed by atoms with E-state index in [-0.39, 0.29) is 11.7 Å². The Morgan fingerprint density at radius 2 is 2.20 bits per heavy atom. The average molecular weight is 356 g/mol. The number of carbonyl (C=O) groups excluding carboxylic acids is 1. The van der Waals surface area contributed by atoms with Gasteiger partial charge in [-0.25, -0.2) is 4.79 Å². The van der Waals surface area contributed by atoms with E-state index in [1.807, 2.05) is 0 Å². The molecular weight excluding hydrogens is 332 g/mol. The molecule has 6 N–H and O–H groups in total. The summed E-state index contributed by atoms with van der Waals surface area (Å²) in [6.45, 7) is 4.36. The summed E-state index contributed by atoms with van der Waals surface area (Å²) in [6, 6.07) is 0.605. The van der Waals surface area contributed by atoms with Gasteiger partial charge in [0.1, 0.15) is 23.6 Å². The second kappa shape index (κ2) is 7.18. The Hall–Kier alpha value is -1.85. The lowest BCUT2D eigenvalue weighted by atomic mass is 9.96. The topological polar surface area (TPSA) is 160 Å². The number of nitrogens with two attached hydrogens (primary N) is 1. The first-order chi connectivity index (χ1) is 11.6. The van der Waals surface area contributed by atoms with Crippen molar-refractivity contribution in [2.45, 2.75) is 50.8 Å². The van der Waals surface area contributed by atoms with Gasteiger partial charge >= 0.3 is 5.69 Å². The summed E-state index contributed by atoms with van der Waals surface area (Å²) in [5, 5.41) is 32.0. The molecule has 25 heavy (non-hydrogen) atoms. The highest BCUT2D eigenvalue weighted by Gasteiger charge is 2.53. The van der Waals surface area contributed by atoms with Crippen LogP contribution < -0.4 is 16.7 Å². The summed E-state index contributed by atoms with van der Waals surface area (Å²) in [5.74, 6) is -0.543. The van der Waals surface area contributed by atoms with Crippen molar-refractivity contribution in [3.63, 3.8) is 0 Å². The second-order valence-electron chi connectivity index (χ2n) is 6.64. The van der Waals surface area contributed by atoms with Gasteiger partial charge in [-0.2, -0.15) is 4.98 Å². The molecule has 2 rings (SSSR count). The maximum absolute atomic E-state index is 12.2. The third-order valence-electron chi connectivity index (χ3n) is 4.29. The van der Waals surface area contributed by atoms with E-state index in [1.165, 1.54) is 19.2 Å². The fourth-order valence-corrected chi connectivity index (χ4v) is 2.56. The van der Waals surface area contributed by atoms with Gasteiger partial charge in [-0.1, -0.05) is 13.8 Å². The fraction of sp³-hybridized carbons (Fsp3) is 0.667. The third-order valence-corrected chi connectivity index (χ3v) is 4.29. The van der Waals surface area contributed by atoms with Crippen molar-refractivity contribution in [3.05, 3.63) is 22.7 Å². The van der Waals surface area contributed by atoms with Gasteiger partial charge in [0.25, 0.3) is 0 Å². The second-order valence-corrected chi connectivity index (χ2v) is 6.64. The maximum atomic E-state index is 12.2. The Balaban J connectivity index is 2.23. The van der Waals surface area contributed by atoms with E-state index in [4.69, 9.17) is 10.5 Å². The number of rotatable bonds is 5. The Kier molecular flexibility index (Phi) is 5.59. The average Bonchev–Trinajstić information content (AvgIpc) is 2.77. The number of aliphatic hydroxyl groups excluding tert-OH is 2. The predicted molar refractivity (Wildman–Crippen MR) is 87.6 cm³/mol. The van der Waals surface area contributed by atoms with Crippen molar-refractivity contribution >= 4 is 11.7 Å². The SMILES string of the molecule is CC(C)[C@H](N)C(=O)Nc1ccn([C@@H]2O[C@H](CO)[C@@H](O)[C@@]2(C)O)c(=O)n1. The number of hydrogen-bond acceptors (Lipinski definition) is 8. The highest BCUT2D eigenvalue weighted by atomic mass is 16.6. The molecule has 1 aromatic rings. The molecule has 10 heteroatoms. The van der Waals surface area contributed by atoms with Crippen molar-refractivity contribution in [2.24, 2.45) is 11.7 Å². The molecule has 1 fully saturated rings. The van der Waals surface area contributed by atoms with Crippen LogP contribution in [0.15, 0.2) is 17.1 Å². The number of ether oxygens (including phenoxy) is 1. The number of aromatic nitrogens is 2. The van der Waals surface area contributed by atoms with Gasteiger partial charge in [0.15, 0.2) is 6.23 Å². The van der Waals surface area contributed by atoms with Crippen LogP contribution in [-0.2, 0) is 9.53 Å². The Morgan fingerprint density at radius 3 is 2.68 bits per heavy atom. The van der Waals surface area contributed by atoms with Crippen molar-refractivity contribution in [1.29, 1.82) is 0 Å². The fourth-order valence-electron chi connectivity index (χ4n) is 2.56. The van der Waals surface area contributed by atoms with Crippen LogP contribution in [0.3, 0.4) is 0 Å². The van der Waals surface area contributed by atoms with Gasteiger partial charge in [-0.3, -0.25) is 9.36 Å². The lowest BCUT2D eigenvalue weighted by Gasteiger charge is -2.27. The van der Waals surface area contributed by atoms with Gasteiger partial charge in [-0.15, -0.1) is 0 Å². The number of hydrogen-bond donors (Lipinski definition) is 5. The molecule has 1 aliphatic rings. The number of carbonyl (C=O) groups is 1. The number of nitrogens with one attached hydrogen (secondary N) is 1. The first-order valence-corrected chi connectivity index (χ1v) is 7.92. The number of amides is 1. The van der Waals surface area contributed by atoms with E-state index >= 15 is 0 Å². The lowest BCUT2D eigenvalue weighted by molar-refractivity contribution is -0.118. The molecule has 0 spiro atoms. The summed E-state index contributed by atoms with van der Waals surface area (Å²) in [6.07, 6.45) is -2.37. The summed E-state index contributed by atoms with van der Waals surface area (Å²) in [4.78, 5) is 27.9. The normalized spacial score (nSPS) is 30.5. The van der Waals surface area contributed by atoms with E-state index < -0.39 is 48.3 Å². The molecule has 140 valence electrons. The zero-order valence-corrected chi connectivity index (χ0v) is 14.3. The summed E-state index contributed by atoms with van der Waals surface area (Å²) >= 11 is 0. The molecule has 1 saturated heterocycles. The lowest BCUT2D eigenvalue weighted by Crippen LogP contribution is -2.46. The minimum absolute atomic E-state index is 0.0132. The van der Waals surface area contributed by atoms with Crippen molar-refractivity contribution in [2.75, 3.05) is 11.9 Å². The Labute approximate surface area is 144 Å². The predicted octanol–water partition coefficient (Wildman–Crippen LogP) is -1.83. The van der Waals surface area contributed by atoms with Gasteiger partial charge in [0.2, 0.25) is 5.91 Å². The standard InChI is InChI=1S/C15H24N4O6/c1-7(2)10(16)12(22)17-9-4-5-19(14(23)18-9)13-15(3,24)11(21)8(6-20)25-13/h4-5,7-8,10-11,13,20-21,24H,6,16H2,1-3H3,(H,17,18,22,23)/t8-,10+,11-,13-,15-/m1/s1. The highest BCUT2D eigenvalue weighted by molar-refractivity contribution is 5.93. The van der Waals surface area contributed by atoms with Crippen molar-refractivity contribution < 1.29 is 24.9 Å². The molecule has 0 aliphatic carbocycles. The van der Waals surface area contributed by atoms with E-state index in [0.29, 0.717) is 0 Å². The molecule has 2 heterocycles. The molecule has 1 aromatic heterocycles. The zero-order chi connectivity index (χ0) is 18.9. The highest BCUT2D eigenvalue weighted by Crippen LogP contribution is 2.37. The molecule has 1 amide bonds. The molecule has 0 radical (unpaired) electrons. The molecule has 1 aliphatic heterocycles. The van der Waals surface area contributed by atoms with Crippen LogP contribution >= 0.6 is 0 Å². The molecular formula is C15H24N4O6. The van der Waals surface area contributed by atoms with Crippen molar-refractivity contribution in [3.8, 4) is 0 Å². The molecule has 0 saturated carbocycles. The van der Waals surface area contributed by atoms with Gasteiger partial charge < -0.3 is 31.1 Å². The monoisotopic (exact) mass is 356 g/mol. The Bertz CT molecular complexity index is 689. The van der Waals surface area contributed by atoms with Crippen LogP contribution in [0.5, 0.6) is 0 Å². The van der Waals surface area contributed by atoms with E-state index in [9.17, 15) is 24.9 Å². The molecule has 10 nitrogen and oxygen atoms in total. The quantitative estimate of drug-likeness (QED) is 0.412. The molecule has 0 unspecified atom stereocenters. The third kappa shape index (κ3) is 3.72. The van der Waals surface area contributed by atoms with Gasteiger partial charge in [0.05, 0.1) is 12.6 Å². The maximum Gasteiger partial charge on any atom is 0.351 e. The summed E-state index contributed by atoms with van der Waals surface area (Å²) in [5.41, 5.74) is 3.13.